The Kier molecular flexibility index (Phi) is 7.51. The molecule has 0 saturated carbocycles. The van der Waals surface area contributed by atoms with Gasteiger partial charge in [-0.3, -0.25) is 4.79 Å². The molecule has 0 aromatic heterocycles. The second-order valence-electron chi connectivity index (χ2n) is 4.18. The van der Waals surface area contributed by atoms with E-state index in [0.717, 1.165) is 10.0 Å². The van der Waals surface area contributed by atoms with Gasteiger partial charge >= 0.3 is 6.09 Å². The molecule has 1 amide bonds. The van der Waals surface area contributed by atoms with Gasteiger partial charge in [-0.2, -0.15) is 0 Å². The highest BCUT2D eigenvalue weighted by Gasteiger charge is 2.12. The van der Waals surface area contributed by atoms with Gasteiger partial charge in [0.15, 0.2) is 0 Å². The van der Waals surface area contributed by atoms with E-state index in [4.69, 9.17) is 14.2 Å². The summed E-state index contributed by atoms with van der Waals surface area (Å²) in [5, 5.41) is 2.56. The number of hydrogen-bond acceptors (Lipinski definition) is 6. The predicted octanol–water partition coefficient (Wildman–Crippen LogP) is 2.25. The standard InChI is InChI=1S/C14H18BrNO6/c1-9(21-8-17)22-14(18)16-5-4-10-6-13(20-3)11(15)7-12(10)19-2/h6-9H,4-5H2,1-3H3,(H,16,18). The Hall–Kier alpha value is -1.96. The molecule has 0 radical (unpaired) electrons. The Morgan fingerprint density at radius 2 is 2.00 bits per heavy atom. The third-order valence-electron chi connectivity index (χ3n) is 2.74. The van der Waals surface area contributed by atoms with Crippen LogP contribution in [0.2, 0.25) is 0 Å². The molecule has 8 heteroatoms. The summed E-state index contributed by atoms with van der Waals surface area (Å²) in [4.78, 5) is 21.5. The van der Waals surface area contributed by atoms with E-state index >= 15 is 0 Å². The minimum absolute atomic E-state index is 0.219. The van der Waals surface area contributed by atoms with Crippen molar-refractivity contribution in [1.29, 1.82) is 0 Å². The maximum absolute atomic E-state index is 11.5. The molecule has 1 rings (SSSR count). The van der Waals surface area contributed by atoms with Crippen LogP contribution in [0.1, 0.15) is 12.5 Å². The first kappa shape index (κ1) is 18.1. The fourth-order valence-corrected chi connectivity index (χ4v) is 2.20. The van der Waals surface area contributed by atoms with Crippen LogP contribution in [0.15, 0.2) is 16.6 Å². The number of amides is 1. The Bertz CT molecular complexity index is 522. The minimum atomic E-state index is -0.931. The third-order valence-corrected chi connectivity index (χ3v) is 3.36. The number of nitrogens with one attached hydrogen (secondary N) is 1. The van der Waals surface area contributed by atoms with Gasteiger partial charge in [0.1, 0.15) is 11.5 Å². The van der Waals surface area contributed by atoms with Crippen LogP contribution in [0.25, 0.3) is 0 Å². The van der Waals surface area contributed by atoms with Crippen molar-refractivity contribution in [2.24, 2.45) is 0 Å². The van der Waals surface area contributed by atoms with Gasteiger partial charge in [-0.1, -0.05) is 0 Å². The lowest BCUT2D eigenvalue weighted by molar-refractivity contribution is -0.148. The van der Waals surface area contributed by atoms with Crippen LogP contribution in [-0.4, -0.2) is 39.6 Å². The highest BCUT2D eigenvalue weighted by atomic mass is 79.9. The number of ether oxygens (including phenoxy) is 4. The Morgan fingerprint density at radius 1 is 1.32 bits per heavy atom. The van der Waals surface area contributed by atoms with Crippen molar-refractivity contribution in [1.82, 2.24) is 5.32 Å². The number of benzene rings is 1. The van der Waals surface area contributed by atoms with Gasteiger partial charge in [0, 0.05) is 13.5 Å². The van der Waals surface area contributed by atoms with Gasteiger partial charge in [0.2, 0.25) is 6.29 Å². The molecular formula is C14H18BrNO6. The van der Waals surface area contributed by atoms with Crippen LogP contribution in [-0.2, 0) is 20.7 Å². The number of hydrogen-bond donors (Lipinski definition) is 1. The molecule has 22 heavy (non-hydrogen) atoms. The van der Waals surface area contributed by atoms with Crippen molar-refractivity contribution in [3.8, 4) is 11.5 Å². The molecule has 0 aliphatic heterocycles. The first-order valence-electron chi connectivity index (χ1n) is 6.45. The summed E-state index contributed by atoms with van der Waals surface area (Å²) in [6, 6.07) is 3.63. The van der Waals surface area contributed by atoms with E-state index in [1.165, 1.54) is 6.92 Å². The molecular weight excluding hydrogens is 358 g/mol. The van der Waals surface area contributed by atoms with E-state index < -0.39 is 12.4 Å². The Labute approximate surface area is 137 Å². The summed E-state index contributed by atoms with van der Waals surface area (Å²) in [6.45, 7) is 1.99. The summed E-state index contributed by atoms with van der Waals surface area (Å²) in [7, 11) is 3.14. The summed E-state index contributed by atoms with van der Waals surface area (Å²) in [5.74, 6) is 1.35. The number of rotatable bonds is 8. The quantitative estimate of drug-likeness (QED) is 0.554. The molecule has 1 aromatic rings. The maximum atomic E-state index is 11.5. The largest absolute Gasteiger partial charge is 0.496 e. The molecule has 0 spiro atoms. The van der Waals surface area contributed by atoms with Crippen molar-refractivity contribution >= 4 is 28.5 Å². The fraction of sp³-hybridized carbons (Fsp3) is 0.429. The molecule has 1 N–H and O–H groups in total. The van der Waals surface area contributed by atoms with E-state index in [0.29, 0.717) is 24.5 Å². The van der Waals surface area contributed by atoms with E-state index in [1.807, 2.05) is 6.07 Å². The monoisotopic (exact) mass is 375 g/mol. The lowest BCUT2D eigenvalue weighted by atomic mass is 10.1. The molecule has 0 aliphatic rings. The third kappa shape index (κ3) is 5.44. The fourth-order valence-electron chi connectivity index (χ4n) is 1.72. The lowest BCUT2D eigenvalue weighted by Crippen LogP contribution is -2.30. The molecule has 7 nitrogen and oxygen atoms in total. The molecule has 122 valence electrons. The smallest absolute Gasteiger partial charge is 0.410 e. The molecule has 0 bridgehead atoms. The van der Waals surface area contributed by atoms with Crippen LogP contribution < -0.4 is 14.8 Å². The Morgan fingerprint density at radius 3 is 2.59 bits per heavy atom. The number of methoxy groups -OCH3 is 2. The van der Waals surface area contributed by atoms with Crippen LogP contribution in [0.4, 0.5) is 4.79 Å². The molecule has 0 heterocycles. The van der Waals surface area contributed by atoms with Gasteiger partial charge in [0.25, 0.3) is 6.47 Å². The Balaban J connectivity index is 2.57. The van der Waals surface area contributed by atoms with Gasteiger partial charge in [-0.05, 0) is 40.0 Å². The average Bonchev–Trinajstić information content (AvgIpc) is 2.48. The van der Waals surface area contributed by atoms with Crippen molar-refractivity contribution in [2.75, 3.05) is 20.8 Å². The van der Waals surface area contributed by atoms with Crippen molar-refractivity contribution in [2.45, 2.75) is 19.6 Å². The first-order valence-corrected chi connectivity index (χ1v) is 7.25. The number of halogens is 1. The SMILES string of the molecule is COc1cc(CCNC(=O)OC(C)OC=O)c(OC)cc1Br. The minimum Gasteiger partial charge on any atom is -0.496 e. The van der Waals surface area contributed by atoms with Gasteiger partial charge in [-0.15, -0.1) is 0 Å². The average molecular weight is 376 g/mol. The summed E-state index contributed by atoms with van der Waals surface area (Å²) >= 11 is 3.38. The van der Waals surface area contributed by atoms with Crippen molar-refractivity contribution < 1.29 is 28.5 Å². The zero-order chi connectivity index (χ0) is 16.5. The van der Waals surface area contributed by atoms with Crippen LogP contribution in [0.5, 0.6) is 11.5 Å². The second kappa shape index (κ2) is 9.14. The second-order valence-corrected chi connectivity index (χ2v) is 5.03. The zero-order valence-corrected chi connectivity index (χ0v) is 14.1. The molecule has 0 saturated heterocycles. The van der Waals surface area contributed by atoms with E-state index in [2.05, 4.69) is 26.0 Å². The molecule has 0 fully saturated rings. The molecule has 0 aliphatic carbocycles. The van der Waals surface area contributed by atoms with Crippen LogP contribution in [0, 0.1) is 0 Å². The van der Waals surface area contributed by atoms with Crippen molar-refractivity contribution in [3.05, 3.63) is 22.2 Å². The van der Waals surface area contributed by atoms with E-state index in [-0.39, 0.29) is 6.47 Å². The van der Waals surface area contributed by atoms with Gasteiger partial charge in [-0.25, -0.2) is 4.79 Å². The number of carbonyl (C=O) groups is 2. The molecule has 1 unspecified atom stereocenters. The molecule has 1 aromatic carbocycles. The highest BCUT2D eigenvalue weighted by Crippen LogP contribution is 2.32. The normalized spacial score (nSPS) is 11.3. The number of carbonyl (C=O) groups excluding carboxylic acids is 2. The summed E-state index contributed by atoms with van der Waals surface area (Å²) in [5.41, 5.74) is 0.875. The predicted molar refractivity (Wildman–Crippen MR) is 82.0 cm³/mol. The van der Waals surface area contributed by atoms with Crippen molar-refractivity contribution in [3.63, 3.8) is 0 Å². The van der Waals surface area contributed by atoms with E-state index in [9.17, 15) is 9.59 Å². The maximum Gasteiger partial charge on any atom is 0.410 e. The lowest BCUT2D eigenvalue weighted by Gasteiger charge is -2.14. The van der Waals surface area contributed by atoms with E-state index in [1.54, 1.807) is 20.3 Å². The highest BCUT2D eigenvalue weighted by molar-refractivity contribution is 9.10. The van der Waals surface area contributed by atoms with Crippen LogP contribution in [0.3, 0.4) is 0 Å². The van der Waals surface area contributed by atoms with Gasteiger partial charge < -0.3 is 24.3 Å². The molecule has 1 atom stereocenters. The van der Waals surface area contributed by atoms with Crippen LogP contribution >= 0.6 is 15.9 Å². The summed E-state index contributed by atoms with van der Waals surface area (Å²) in [6.07, 6.45) is -1.08. The number of alkyl carbamates (subject to hydrolysis) is 1. The van der Waals surface area contributed by atoms with Gasteiger partial charge in [0.05, 0.1) is 18.7 Å². The summed E-state index contributed by atoms with van der Waals surface area (Å²) < 4.78 is 20.5. The topological polar surface area (TPSA) is 83.1 Å². The zero-order valence-electron chi connectivity index (χ0n) is 12.6. The first-order chi connectivity index (χ1) is 10.5.